The van der Waals surface area contributed by atoms with Gasteiger partial charge in [0.25, 0.3) is 0 Å². The molecule has 0 saturated heterocycles. The van der Waals surface area contributed by atoms with Crippen molar-refractivity contribution in [3.8, 4) is 0 Å². The van der Waals surface area contributed by atoms with Gasteiger partial charge in [-0.1, -0.05) is 5.57 Å². The number of aliphatic carboxylic acids is 1. The highest BCUT2D eigenvalue weighted by molar-refractivity contribution is 5.80. The molecule has 3 heteroatoms. The van der Waals surface area contributed by atoms with Crippen molar-refractivity contribution in [2.24, 2.45) is 0 Å². The van der Waals surface area contributed by atoms with Crippen LogP contribution in [-0.4, -0.2) is 11.1 Å². The largest absolute Gasteiger partial charge is 0.478 e. The summed E-state index contributed by atoms with van der Waals surface area (Å²) in [4.78, 5) is 10.2. The van der Waals surface area contributed by atoms with Gasteiger partial charge in [0.15, 0.2) is 0 Å². The monoisotopic (exact) mass is 186 g/mol. The van der Waals surface area contributed by atoms with Crippen LogP contribution in [0, 0.1) is 0 Å². The summed E-state index contributed by atoms with van der Waals surface area (Å²) < 4.78 is 12.9. The van der Waals surface area contributed by atoms with Gasteiger partial charge in [-0.15, -0.1) is 0 Å². The molecule has 0 aromatic heterocycles. The van der Waals surface area contributed by atoms with Crippen LogP contribution in [0.2, 0.25) is 0 Å². The van der Waals surface area contributed by atoms with Crippen LogP contribution < -0.4 is 0 Å². The highest BCUT2D eigenvalue weighted by Gasteiger charge is 1.99. The molecule has 0 aliphatic carbocycles. The van der Waals surface area contributed by atoms with Gasteiger partial charge in [-0.2, -0.15) is 0 Å². The van der Waals surface area contributed by atoms with Crippen molar-refractivity contribution in [3.05, 3.63) is 23.0 Å². The fourth-order valence-electron chi connectivity index (χ4n) is 0.840. The van der Waals surface area contributed by atoms with Crippen molar-refractivity contribution in [2.75, 3.05) is 0 Å². The molecule has 74 valence electrons. The Balaban J connectivity index is 4.05. The molecule has 0 heterocycles. The number of carboxylic acids is 1. The number of hydrogen-bond acceptors (Lipinski definition) is 1. The first-order chi connectivity index (χ1) is 5.93. The van der Waals surface area contributed by atoms with E-state index in [9.17, 15) is 9.18 Å². The smallest absolute Gasteiger partial charge is 0.328 e. The van der Waals surface area contributed by atoms with Gasteiger partial charge in [0, 0.05) is 12.5 Å². The van der Waals surface area contributed by atoms with E-state index in [4.69, 9.17) is 5.11 Å². The maximum atomic E-state index is 12.9. The predicted molar refractivity (Wildman–Crippen MR) is 50.1 cm³/mol. The fourth-order valence-corrected chi connectivity index (χ4v) is 0.840. The summed E-state index contributed by atoms with van der Waals surface area (Å²) in [6.45, 7) is 5.09. The molecular weight excluding hydrogens is 171 g/mol. The summed E-state index contributed by atoms with van der Waals surface area (Å²) in [7, 11) is 0. The van der Waals surface area contributed by atoms with Crippen LogP contribution in [-0.2, 0) is 4.79 Å². The molecule has 0 bridgehead atoms. The second kappa shape index (κ2) is 5.51. The number of carbonyl (C=O) groups is 1. The van der Waals surface area contributed by atoms with Crippen molar-refractivity contribution in [1.29, 1.82) is 0 Å². The molecule has 13 heavy (non-hydrogen) atoms. The third-order valence-corrected chi connectivity index (χ3v) is 1.65. The van der Waals surface area contributed by atoms with E-state index in [2.05, 4.69) is 0 Å². The highest BCUT2D eigenvalue weighted by atomic mass is 19.1. The van der Waals surface area contributed by atoms with Crippen LogP contribution in [0.1, 0.15) is 33.6 Å². The van der Waals surface area contributed by atoms with E-state index in [1.54, 1.807) is 20.8 Å². The number of allylic oxidation sites excluding steroid dienone is 3. The van der Waals surface area contributed by atoms with Gasteiger partial charge in [-0.05, 0) is 32.8 Å². The topological polar surface area (TPSA) is 37.3 Å². The van der Waals surface area contributed by atoms with Gasteiger partial charge in [0.1, 0.15) is 0 Å². The minimum Gasteiger partial charge on any atom is -0.478 e. The van der Waals surface area contributed by atoms with Crippen LogP contribution in [0.15, 0.2) is 23.0 Å². The van der Waals surface area contributed by atoms with Crippen molar-refractivity contribution in [2.45, 2.75) is 33.6 Å². The molecule has 0 radical (unpaired) electrons. The molecule has 1 N–H and O–H groups in total. The molecule has 0 unspecified atom stereocenters. The molecule has 0 aromatic rings. The van der Waals surface area contributed by atoms with Gasteiger partial charge in [0.2, 0.25) is 0 Å². The number of halogens is 1. The quantitative estimate of drug-likeness (QED) is 0.685. The Bertz CT molecular complexity index is 248. The first-order valence-corrected chi connectivity index (χ1v) is 4.15. The standard InChI is InChI=1S/C10H15FO2/c1-7(2)9(11)5-4-8(3)6-10(12)13/h6H,4-5H2,1-3H3,(H,12,13)/b8-6+. The summed E-state index contributed by atoms with van der Waals surface area (Å²) in [6.07, 6.45) is 1.86. The third-order valence-electron chi connectivity index (χ3n) is 1.65. The van der Waals surface area contributed by atoms with E-state index < -0.39 is 5.97 Å². The molecule has 2 nitrogen and oxygen atoms in total. The Labute approximate surface area is 77.8 Å². The van der Waals surface area contributed by atoms with Gasteiger partial charge in [-0.3, -0.25) is 0 Å². The summed E-state index contributed by atoms with van der Waals surface area (Å²) in [5.74, 6) is -1.13. The van der Waals surface area contributed by atoms with Crippen LogP contribution in [0.25, 0.3) is 0 Å². The molecule has 0 rings (SSSR count). The Hall–Kier alpha value is -1.12. The van der Waals surface area contributed by atoms with Gasteiger partial charge in [-0.25, -0.2) is 9.18 Å². The molecule has 0 atom stereocenters. The molecule has 0 saturated carbocycles. The zero-order chi connectivity index (χ0) is 10.4. The Morgan fingerprint density at radius 3 is 2.23 bits per heavy atom. The average molecular weight is 186 g/mol. The van der Waals surface area contributed by atoms with E-state index >= 15 is 0 Å². The van der Waals surface area contributed by atoms with E-state index in [1.165, 1.54) is 0 Å². The molecule has 0 spiro atoms. The zero-order valence-corrected chi connectivity index (χ0v) is 8.22. The molecule has 0 amide bonds. The van der Waals surface area contributed by atoms with Crippen molar-refractivity contribution in [3.63, 3.8) is 0 Å². The van der Waals surface area contributed by atoms with Crippen LogP contribution in [0.4, 0.5) is 4.39 Å². The normalized spacial score (nSPS) is 11.2. The minimum atomic E-state index is -0.977. The molecule has 0 aromatic carbocycles. The predicted octanol–water partition coefficient (Wildman–Crippen LogP) is 3.06. The van der Waals surface area contributed by atoms with Crippen LogP contribution in [0.3, 0.4) is 0 Å². The van der Waals surface area contributed by atoms with Crippen molar-refractivity contribution >= 4 is 5.97 Å². The van der Waals surface area contributed by atoms with E-state index in [0.717, 1.165) is 6.08 Å². The lowest BCUT2D eigenvalue weighted by atomic mass is 10.1. The Morgan fingerprint density at radius 1 is 1.31 bits per heavy atom. The number of rotatable bonds is 4. The molecule has 0 aliphatic rings. The Morgan fingerprint density at radius 2 is 1.85 bits per heavy atom. The maximum absolute atomic E-state index is 12.9. The van der Waals surface area contributed by atoms with Crippen molar-refractivity contribution < 1.29 is 14.3 Å². The molecule has 0 aliphatic heterocycles. The average Bonchev–Trinajstić information content (AvgIpc) is 1.98. The van der Waals surface area contributed by atoms with Crippen LogP contribution in [0.5, 0.6) is 0 Å². The Kier molecular flexibility index (Phi) is 5.04. The second-order valence-electron chi connectivity index (χ2n) is 3.23. The molecule has 0 fully saturated rings. The summed E-state index contributed by atoms with van der Waals surface area (Å²) in [6, 6.07) is 0. The lowest BCUT2D eigenvalue weighted by molar-refractivity contribution is -0.131. The number of hydrogen-bond donors (Lipinski definition) is 1. The first kappa shape index (κ1) is 11.9. The first-order valence-electron chi connectivity index (χ1n) is 4.15. The molecular formula is C10H15FO2. The van der Waals surface area contributed by atoms with Crippen LogP contribution >= 0.6 is 0 Å². The van der Waals surface area contributed by atoms with Crippen molar-refractivity contribution in [1.82, 2.24) is 0 Å². The fraction of sp³-hybridized carbons (Fsp3) is 0.500. The summed E-state index contributed by atoms with van der Waals surface area (Å²) >= 11 is 0. The summed E-state index contributed by atoms with van der Waals surface area (Å²) in [5.41, 5.74) is 1.34. The van der Waals surface area contributed by atoms with Gasteiger partial charge < -0.3 is 5.11 Å². The number of carboxylic acid groups (broad SMARTS) is 1. The minimum absolute atomic E-state index is 0.155. The maximum Gasteiger partial charge on any atom is 0.328 e. The van der Waals surface area contributed by atoms with Gasteiger partial charge in [0.05, 0.1) is 5.83 Å². The van der Waals surface area contributed by atoms with Gasteiger partial charge >= 0.3 is 5.97 Å². The zero-order valence-electron chi connectivity index (χ0n) is 8.22. The second-order valence-corrected chi connectivity index (χ2v) is 3.23. The van der Waals surface area contributed by atoms with E-state index in [1.807, 2.05) is 0 Å². The summed E-state index contributed by atoms with van der Waals surface area (Å²) in [5, 5.41) is 8.38. The highest BCUT2D eigenvalue weighted by Crippen LogP contribution is 2.15. The van der Waals surface area contributed by atoms with E-state index in [-0.39, 0.29) is 12.2 Å². The lowest BCUT2D eigenvalue weighted by Gasteiger charge is -2.00. The lowest BCUT2D eigenvalue weighted by Crippen LogP contribution is -1.90. The van der Waals surface area contributed by atoms with E-state index in [0.29, 0.717) is 17.6 Å². The SMILES string of the molecule is CC(C)=C(F)CC/C(C)=C/C(=O)O. The third kappa shape index (κ3) is 6.08.